The van der Waals surface area contributed by atoms with E-state index in [1.54, 1.807) is 0 Å². The molecule has 1 aliphatic carbocycles. The van der Waals surface area contributed by atoms with Crippen LogP contribution >= 0.6 is 0 Å². The number of amides is 2. The number of likely N-dealkylation sites (tertiary alicyclic amines) is 2. The van der Waals surface area contributed by atoms with Gasteiger partial charge in [-0.15, -0.1) is 0 Å². The van der Waals surface area contributed by atoms with Gasteiger partial charge < -0.3 is 14.7 Å². The summed E-state index contributed by atoms with van der Waals surface area (Å²) in [5.74, 6) is 2.79. The second-order valence-corrected chi connectivity index (χ2v) is 9.15. The molecule has 1 aromatic rings. The molecule has 1 aromatic heterocycles. The van der Waals surface area contributed by atoms with Crippen molar-refractivity contribution in [2.24, 2.45) is 5.92 Å². The van der Waals surface area contributed by atoms with Gasteiger partial charge in [-0.25, -0.2) is 4.79 Å². The maximum Gasteiger partial charge on any atom is 0.317 e. The van der Waals surface area contributed by atoms with Crippen molar-refractivity contribution in [1.82, 2.24) is 25.3 Å². The van der Waals surface area contributed by atoms with E-state index in [1.807, 2.05) is 13.8 Å². The third-order valence-electron chi connectivity index (χ3n) is 6.43. The van der Waals surface area contributed by atoms with Crippen LogP contribution in [-0.4, -0.2) is 57.7 Å². The van der Waals surface area contributed by atoms with E-state index in [-0.39, 0.29) is 12.1 Å². The highest BCUT2D eigenvalue weighted by atomic mass is 16.5. The number of carbonyl (C=O) groups is 1. The number of rotatable bonds is 5. The van der Waals surface area contributed by atoms with Crippen LogP contribution in [0, 0.1) is 5.92 Å². The summed E-state index contributed by atoms with van der Waals surface area (Å²) in [6.07, 6.45) is 9.42. The summed E-state index contributed by atoms with van der Waals surface area (Å²) in [6.45, 7) is 7.82. The second kappa shape index (κ2) is 8.80. The third kappa shape index (κ3) is 4.85. The molecule has 3 aliphatic rings. The first kappa shape index (κ1) is 19.7. The Morgan fingerprint density at radius 2 is 1.89 bits per heavy atom. The number of urea groups is 1. The summed E-state index contributed by atoms with van der Waals surface area (Å²) in [7, 11) is 0. The summed E-state index contributed by atoms with van der Waals surface area (Å²) in [6, 6.07) is 0.698. The van der Waals surface area contributed by atoms with Crippen molar-refractivity contribution in [3.8, 4) is 0 Å². The molecule has 156 valence electrons. The first-order chi connectivity index (χ1) is 13.6. The highest BCUT2D eigenvalue weighted by Gasteiger charge is 2.34. The van der Waals surface area contributed by atoms with Crippen LogP contribution in [0.2, 0.25) is 0 Å². The molecule has 0 radical (unpaired) electrons. The monoisotopic (exact) mass is 389 g/mol. The molecule has 1 atom stereocenters. The van der Waals surface area contributed by atoms with Gasteiger partial charge in [0.15, 0.2) is 5.82 Å². The third-order valence-corrected chi connectivity index (χ3v) is 6.43. The maximum atomic E-state index is 12.8. The predicted molar refractivity (Wildman–Crippen MR) is 107 cm³/mol. The largest absolute Gasteiger partial charge is 0.338 e. The van der Waals surface area contributed by atoms with E-state index in [0.717, 1.165) is 63.6 Å². The van der Waals surface area contributed by atoms with Crippen LogP contribution < -0.4 is 5.32 Å². The van der Waals surface area contributed by atoms with Crippen molar-refractivity contribution < 1.29 is 9.32 Å². The lowest BCUT2D eigenvalue weighted by Gasteiger charge is -2.40. The van der Waals surface area contributed by atoms with Crippen LogP contribution in [0.25, 0.3) is 0 Å². The number of aromatic nitrogens is 2. The maximum absolute atomic E-state index is 12.8. The molecule has 3 heterocycles. The Hall–Kier alpha value is -1.63. The van der Waals surface area contributed by atoms with Crippen LogP contribution in [0.1, 0.15) is 82.8 Å². The normalized spacial score (nSPS) is 25.1. The summed E-state index contributed by atoms with van der Waals surface area (Å²) < 4.78 is 5.45. The van der Waals surface area contributed by atoms with Gasteiger partial charge in [-0.2, -0.15) is 4.98 Å². The minimum Gasteiger partial charge on any atom is -0.338 e. The molecular weight excluding hydrogens is 354 g/mol. The molecule has 1 saturated carbocycles. The minimum absolute atomic E-state index is 0.128. The van der Waals surface area contributed by atoms with Gasteiger partial charge in [-0.05, 0) is 71.4 Å². The van der Waals surface area contributed by atoms with Gasteiger partial charge in [0.1, 0.15) is 0 Å². The standard InChI is InChI=1S/C21H35N5O2/c1-15(2)22-21(27)26-11-5-3-4-6-18(26)16-9-12-25(13-10-16)14-19-23-20(24-28-19)17-7-8-17/h15-18H,3-14H2,1-2H3,(H,22,27)/t18-/m0/s1. The van der Waals surface area contributed by atoms with E-state index < -0.39 is 0 Å². The molecule has 3 fully saturated rings. The fourth-order valence-corrected chi connectivity index (χ4v) is 4.73. The van der Waals surface area contributed by atoms with Gasteiger partial charge >= 0.3 is 6.03 Å². The molecular formula is C21H35N5O2. The molecule has 0 bridgehead atoms. The molecule has 0 aromatic carbocycles. The van der Waals surface area contributed by atoms with Gasteiger partial charge in [0.25, 0.3) is 0 Å². The van der Waals surface area contributed by atoms with Crippen molar-refractivity contribution in [1.29, 1.82) is 0 Å². The fourth-order valence-electron chi connectivity index (χ4n) is 4.73. The van der Waals surface area contributed by atoms with Crippen LogP contribution in [0.4, 0.5) is 4.79 Å². The summed E-state index contributed by atoms with van der Waals surface area (Å²) >= 11 is 0. The van der Waals surface area contributed by atoms with Crippen LogP contribution in [0.15, 0.2) is 4.52 Å². The summed E-state index contributed by atoms with van der Waals surface area (Å²) in [5.41, 5.74) is 0. The van der Waals surface area contributed by atoms with E-state index >= 15 is 0 Å². The summed E-state index contributed by atoms with van der Waals surface area (Å²) in [5, 5.41) is 7.25. The Morgan fingerprint density at radius 1 is 1.11 bits per heavy atom. The number of hydrogen-bond acceptors (Lipinski definition) is 5. The predicted octanol–water partition coefficient (Wildman–Crippen LogP) is 3.52. The molecule has 0 spiro atoms. The van der Waals surface area contributed by atoms with Crippen molar-refractivity contribution in [3.63, 3.8) is 0 Å². The second-order valence-electron chi connectivity index (χ2n) is 9.15. The number of nitrogens with one attached hydrogen (secondary N) is 1. The van der Waals surface area contributed by atoms with Crippen molar-refractivity contribution in [3.05, 3.63) is 11.7 Å². The molecule has 7 heteroatoms. The molecule has 28 heavy (non-hydrogen) atoms. The number of hydrogen-bond donors (Lipinski definition) is 1. The highest BCUT2D eigenvalue weighted by Crippen LogP contribution is 2.38. The van der Waals surface area contributed by atoms with Gasteiger partial charge in [0.2, 0.25) is 5.89 Å². The molecule has 1 N–H and O–H groups in total. The van der Waals surface area contributed by atoms with Crippen LogP contribution in [0.3, 0.4) is 0 Å². The number of piperidine rings is 1. The van der Waals surface area contributed by atoms with Crippen molar-refractivity contribution in [2.45, 2.75) is 89.8 Å². The quantitative estimate of drug-likeness (QED) is 0.834. The average molecular weight is 390 g/mol. The number of carbonyl (C=O) groups excluding carboxylic acids is 1. The lowest BCUT2D eigenvalue weighted by Crippen LogP contribution is -2.52. The first-order valence-electron chi connectivity index (χ1n) is 11.2. The minimum atomic E-state index is 0.128. The first-order valence-corrected chi connectivity index (χ1v) is 11.2. The SMILES string of the molecule is CC(C)NC(=O)N1CCCCC[C@H]1C1CCN(Cc2nc(C3CC3)no2)CC1. The molecule has 2 aliphatic heterocycles. The Morgan fingerprint density at radius 3 is 2.61 bits per heavy atom. The zero-order chi connectivity index (χ0) is 19.5. The Labute approximate surface area is 168 Å². The highest BCUT2D eigenvalue weighted by molar-refractivity contribution is 5.74. The molecule has 7 nitrogen and oxygen atoms in total. The van der Waals surface area contributed by atoms with E-state index in [0.29, 0.717) is 17.9 Å². The molecule has 4 rings (SSSR count). The molecule has 2 saturated heterocycles. The lowest BCUT2D eigenvalue weighted by atomic mass is 9.86. The van der Waals surface area contributed by atoms with E-state index in [9.17, 15) is 4.79 Å². The number of nitrogens with zero attached hydrogens (tertiary/aromatic N) is 4. The van der Waals surface area contributed by atoms with Gasteiger partial charge in [-0.1, -0.05) is 18.0 Å². The van der Waals surface area contributed by atoms with E-state index in [2.05, 4.69) is 25.3 Å². The van der Waals surface area contributed by atoms with E-state index in [1.165, 1.54) is 25.7 Å². The van der Waals surface area contributed by atoms with Crippen LogP contribution in [-0.2, 0) is 6.54 Å². The van der Waals surface area contributed by atoms with Gasteiger partial charge in [0.05, 0.1) is 6.54 Å². The smallest absolute Gasteiger partial charge is 0.317 e. The van der Waals surface area contributed by atoms with Crippen molar-refractivity contribution in [2.75, 3.05) is 19.6 Å². The summed E-state index contributed by atoms with van der Waals surface area (Å²) in [4.78, 5) is 21.9. The van der Waals surface area contributed by atoms with Gasteiger partial charge in [0, 0.05) is 24.5 Å². The zero-order valence-corrected chi connectivity index (χ0v) is 17.4. The Kier molecular flexibility index (Phi) is 6.19. The van der Waals surface area contributed by atoms with Crippen molar-refractivity contribution >= 4 is 6.03 Å². The van der Waals surface area contributed by atoms with Gasteiger partial charge in [-0.3, -0.25) is 4.90 Å². The zero-order valence-electron chi connectivity index (χ0n) is 17.4. The average Bonchev–Trinajstić information content (AvgIpc) is 3.46. The topological polar surface area (TPSA) is 74.5 Å². The molecule has 0 unspecified atom stereocenters. The fraction of sp³-hybridized carbons (Fsp3) is 0.857. The van der Waals surface area contributed by atoms with Crippen LogP contribution in [0.5, 0.6) is 0 Å². The van der Waals surface area contributed by atoms with E-state index in [4.69, 9.17) is 4.52 Å². The Bertz CT molecular complexity index is 649. The Balaban J connectivity index is 1.32. The molecule has 2 amide bonds. The lowest BCUT2D eigenvalue weighted by molar-refractivity contribution is 0.0927.